The van der Waals surface area contributed by atoms with Crippen molar-refractivity contribution < 1.29 is 31.2 Å². The molecule has 43 heavy (non-hydrogen) atoms. The van der Waals surface area contributed by atoms with Crippen LogP contribution in [-0.2, 0) is 38.8 Å². The number of rotatable bonds is 12. The highest BCUT2D eigenvalue weighted by Gasteiger charge is 2.35. The summed E-state index contributed by atoms with van der Waals surface area (Å²) in [4.78, 5) is 28.9. The third-order valence-corrected chi connectivity index (χ3v) is 8.31. The van der Waals surface area contributed by atoms with Crippen molar-refractivity contribution in [2.75, 3.05) is 23.7 Å². The number of nitrogens with one attached hydrogen (secondary N) is 1. The first-order valence-electron chi connectivity index (χ1n) is 13.3. The van der Waals surface area contributed by atoms with Crippen molar-refractivity contribution in [3.05, 3.63) is 99.5 Å². The van der Waals surface area contributed by atoms with Crippen LogP contribution in [-0.4, -0.2) is 50.5 Å². The average Bonchev–Trinajstić information content (AvgIpc) is 2.93. The molecule has 7 nitrogen and oxygen atoms in total. The molecule has 0 spiro atoms. The normalized spacial score (nSPS) is 12.6. The molecule has 1 N–H and O–H groups in total. The smallest absolute Gasteiger partial charge is 0.354 e. The summed E-state index contributed by atoms with van der Waals surface area (Å²) < 4.78 is 66.6. The van der Waals surface area contributed by atoms with E-state index in [-0.39, 0.29) is 34.6 Å². The molecule has 3 aromatic rings. The highest BCUT2D eigenvalue weighted by Crippen LogP contribution is 2.32. The van der Waals surface area contributed by atoms with Gasteiger partial charge < -0.3 is 10.2 Å². The van der Waals surface area contributed by atoms with E-state index < -0.39 is 46.2 Å². The topological polar surface area (TPSA) is 86.8 Å². The first kappa shape index (κ1) is 34.2. The van der Waals surface area contributed by atoms with Crippen molar-refractivity contribution in [1.29, 1.82) is 0 Å². The fourth-order valence-corrected chi connectivity index (χ4v) is 5.42. The van der Waals surface area contributed by atoms with Crippen LogP contribution >= 0.6 is 23.2 Å². The molecule has 0 saturated carbocycles. The van der Waals surface area contributed by atoms with Gasteiger partial charge in [0.15, 0.2) is 0 Å². The molecule has 0 aliphatic heterocycles. The molecular weight excluding hydrogens is 626 g/mol. The third kappa shape index (κ3) is 9.87. The van der Waals surface area contributed by atoms with Gasteiger partial charge in [0, 0.05) is 19.5 Å². The molecular formula is C30H32Cl2F3N3O4S. The van der Waals surface area contributed by atoms with Crippen LogP contribution < -0.4 is 9.62 Å². The fourth-order valence-electron chi connectivity index (χ4n) is 4.26. The Balaban J connectivity index is 2.09. The van der Waals surface area contributed by atoms with Gasteiger partial charge in [-0.15, -0.1) is 0 Å². The van der Waals surface area contributed by atoms with Crippen LogP contribution in [0.25, 0.3) is 0 Å². The van der Waals surface area contributed by atoms with Gasteiger partial charge in [0.1, 0.15) is 12.6 Å². The summed E-state index contributed by atoms with van der Waals surface area (Å²) >= 11 is 12.3. The number of hydrogen-bond donors (Lipinski definition) is 1. The lowest BCUT2D eigenvalue weighted by Crippen LogP contribution is -2.53. The van der Waals surface area contributed by atoms with E-state index in [9.17, 15) is 31.2 Å². The fraction of sp³-hybridized carbons (Fsp3) is 0.333. The maximum atomic E-state index is 14.0. The molecule has 0 aliphatic carbocycles. The second-order valence-corrected chi connectivity index (χ2v) is 13.2. The number of hydrogen-bond acceptors (Lipinski definition) is 4. The predicted octanol–water partition coefficient (Wildman–Crippen LogP) is 6.19. The molecule has 1 unspecified atom stereocenters. The molecule has 3 aromatic carbocycles. The van der Waals surface area contributed by atoms with Crippen LogP contribution in [0.1, 0.15) is 30.5 Å². The monoisotopic (exact) mass is 657 g/mol. The van der Waals surface area contributed by atoms with E-state index in [0.717, 1.165) is 24.0 Å². The lowest BCUT2D eigenvalue weighted by Gasteiger charge is -2.33. The zero-order chi connectivity index (χ0) is 31.9. The van der Waals surface area contributed by atoms with Gasteiger partial charge in [-0.3, -0.25) is 13.9 Å². The molecule has 0 saturated heterocycles. The molecule has 0 bridgehead atoms. The van der Waals surface area contributed by atoms with Gasteiger partial charge in [0.2, 0.25) is 21.8 Å². The number of halogens is 5. The number of nitrogens with zero attached hydrogens (tertiary/aromatic N) is 2. The number of alkyl halides is 3. The maximum absolute atomic E-state index is 14.0. The standard InChI is InChI=1S/C30H32Cl2F3N3O4S/c1-20(2)17-36-29(40)27(15-21-8-5-4-6-9-21)37(18-22-12-13-25(31)26(32)14-22)28(39)19-38(43(3,41)42)24-11-7-10-23(16-24)30(33,34)35/h4-14,16,20,27H,15,17-19H2,1-3H3,(H,36,40). The van der Waals surface area contributed by atoms with E-state index in [1.807, 2.05) is 13.8 Å². The van der Waals surface area contributed by atoms with Crippen molar-refractivity contribution in [3.8, 4) is 0 Å². The Morgan fingerprint density at radius 1 is 0.907 bits per heavy atom. The number of anilines is 1. The van der Waals surface area contributed by atoms with E-state index >= 15 is 0 Å². The largest absolute Gasteiger partial charge is 0.416 e. The minimum Gasteiger partial charge on any atom is -0.354 e. The van der Waals surface area contributed by atoms with Gasteiger partial charge in [-0.05, 0) is 47.4 Å². The second kappa shape index (κ2) is 14.5. The number of amides is 2. The Kier molecular flexibility index (Phi) is 11.5. The van der Waals surface area contributed by atoms with Gasteiger partial charge in [0.25, 0.3) is 0 Å². The Bertz CT molecular complexity index is 1540. The Hall–Kier alpha value is -3.28. The van der Waals surface area contributed by atoms with Crippen LogP contribution in [0.2, 0.25) is 10.0 Å². The lowest BCUT2D eigenvalue weighted by molar-refractivity contribution is -0.140. The Morgan fingerprint density at radius 3 is 2.16 bits per heavy atom. The lowest BCUT2D eigenvalue weighted by atomic mass is 10.0. The Morgan fingerprint density at radius 2 is 1.58 bits per heavy atom. The average molecular weight is 659 g/mol. The quantitative estimate of drug-likeness (QED) is 0.252. The first-order chi connectivity index (χ1) is 20.1. The summed E-state index contributed by atoms with van der Waals surface area (Å²) in [6, 6.07) is 16.2. The molecule has 232 valence electrons. The molecule has 1 atom stereocenters. The minimum absolute atomic E-state index is 0.0836. The van der Waals surface area contributed by atoms with Gasteiger partial charge in [-0.2, -0.15) is 13.2 Å². The van der Waals surface area contributed by atoms with Crippen molar-refractivity contribution in [3.63, 3.8) is 0 Å². The van der Waals surface area contributed by atoms with Crippen LogP contribution in [0, 0.1) is 5.92 Å². The number of benzene rings is 3. The summed E-state index contributed by atoms with van der Waals surface area (Å²) in [5.41, 5.74) is -0.183. The van der Waals surface area contributed by atoms with Crippen molar-refractivity contribution in [2.45, 2.75) is 39.0 Å². The van der Waals surface area contributed by atoms with E-state index in [0.29, 0.717) is 22.5 Å². The van der Waals surface area contributed by atoms with Gasteiger partial charge >= 0.3 is 6.18 Å². The number of sulfonamides is 1. The molecule has 0 aromatic heterocycles. The van der Waals surface area contributed by atoms with E-state index in [1.165, 1.54) is 23.1 Å². The zero-order valence-electron chi connectivity index (χ0n) is 23.7. The van der Waals surface area contributed by atoms with Crippen molar-refractivity contribution >= 4 is 50.7 Å². The molecule has 0 heterocycles. The van der Waals surface area contributed by atoms with Crippen molar-refractivity contribution in [1.82, 2.24) is 10.2 Å². The highest BCUT2D eigenvalue weighted by atomic mass is 35.5. The van der Waals surface area contributed by atoms with E-state index in [4.69, 9.17) is 23.2 Å². The molecule has 2 amide bonds. The number of carbonyl (C=O) groups excluding carboxylic acids is 2. The van der Waals surface area contributed by atoms with Crippen LogP contribution in [0.15, 0.2) is 72.8 Å². The maximum Gasteiger partial charge on any atom is 0.416 e. The Labute approximate surface area is 259 Å². The summed E-state index contributed by atoms with van der Waals surface area (Å²) in [5, 5.41) is 3.32. The van der Waals surface area contributed by atoms with Crippen LogP contribution in [0.5, 0.6) is 0 Å². The predicted molar refractivity (Wildman–Crippen MR) is 162 cm³/mol. The highest BCUT2D eigenvalue weighted by molar-refractivity contribution is 7.92. The summed E-state index contributed by atoms with van der Waals surface area (Å²) in [5.74, 6) is -1.19. The third-order valence-electron chi connectivity index (χ3n) is 6.43. The van der Waals surface area contributed by atoms with Crippen molar-refractivity contribution in [2.24, 2.45) is 5.92 Å². The molecule has 0 aliphatic rings. The molecule has 0 fully saturated rings. The zero-order valence-corrected chi connectivity index (χ0v) is 26.1. The molecule has 3 rings (SSSR count). The summed E-state index contributed by atoms with van der Waals surface area (Å²) in [6.45, 7) is 3.11. The van der Waals surface area contributed by atoms with Gasteiger partial charge in [-0.1, -0.05) is 79.5 Å². The molecule has 0 radical (unpaired) electrons. The summed E-state index contributed by atoms with van der Waals surface area (Å²) in [7, 11) is -4.24. The number of carbonyl (C=O) groups is 2. The van der Waals surface area contributed by atoms with E-state index in [1.54, 1.807) is 36.4 Å². The summed E-state index contributed by atoms with van der Waals surface area (Å²) in [6.07, 6.45) is -3.86. The van der Waals surface area contributed by atoms with Gasteiger partial charge in [-0.25, -0.2) is 8.42 Å². The van der Waals surface area contributed by atoms with Crippen LogP contribution in [0.3, 0.4) is 0 Å². The van der Waals surface area contributed by atoms with Gasteiger partial charge in [0.05, 0.1) is 27.6 Å². The van der Waals surface area contributed by atoms with E-state index in [2.05, 4.69) is 5.32 Å². The van der Waals surface area contributed by atoms with Crippen LogP contribution in [0.4, 0.5) is 18.9 Å². The molecule has 13 heteroatoms. The first-order valence-corrected chi connectivity index (χ1v) is 15.9. The minimum atomic E-state index is -4.74. The SMILES string of the molecule is CC(C)CNC(=O)C(Cc1ccccc1)N(Cc1ccc(Cl)c(Cl)c1)C(=O)CN(c1cccc(C(F)(F)F)c1)S(C)(=O)=O. The second-order valence-electron chi connectivity index (χ2n) is 10.4.